The Morgan fingerprint density at radius 2 is 2.17 bits per heavy atom. The number of sulfonamides is 1. The van der Waals surface area contributed by atoms with E-state index in [1.54, 1.807) is 19.1 Å². The molecule has 98 valence electrons. The maximum atomic E-state index is 11.9. The fourth-order valence-electron chi connectivity index (χ4n) is 1.33. The molecule has 0 aliphatic carbocycles. The van der Waals surface area contributed by atoms with Crippen molar-refractivity contribution in [2.45, 2.75) is 25.5 Å². The van der Waals surface area contributed by atoms with Crippen molar-refractivity contribution in [3.05, 3.63) is 27.2 Å². The van der Waals surface area contributed by atoms with Crippen LogP contribution in [0, 0.1) is 18.3 Å². The molecule has 1 aromatic carbocycles. The second-order valence-corrected chi connectivity index (χ2v) is 6.88. The van der Waals surface area contributed by atoms with E-state index in [1.165, 1.54) is 6.07 Å². The van der Waals surface area contributed by atoms with Crippen molar-refractivity contribution in [2.75, 3.05) is 4.72 Å². The Bertz CT molecular complexity index is 596. The van der Waals surface area contributed by atoms with E-state index < -0.39 is 15.3 Å². The van der Waals surface area contributed by atoms with Gasteiger partial charge in [-0.05, 0) is 47.0 Å². The standard InChI is InChI=1S/C11H12BrClN2O2S/c1-3-8(6-14)18(16,17)15-11-5-10(13)7(2)4-9(11)12/h4-5,8,15H,3H2,1-2H3. The minimum Gasteiger partial charge on any atom is -0.281 e. The van der Waals surface area contributed by atoms with Crippen LogP contribution < -0.4 is 4.72 Å². The van der Waals surface area contributed by atoms with Crippen LogP contribution in [0.25, 0.3) is 0 Å². The molecular weight excluding hydrogens is 340 g/mol. The monoisotopic (exact) mass is 350 g/mol. The second-order valence-electron chi connectivity index (χ2n) is 3.75. The molecule has 1 unspecified atom stereocenters. The molecule has 0 fully saturated rings. The third-order valence-electron chi connectivity index (χ3n) is 2.39. The number of anilines is 1. The summed E-state index contributed by atoms with van der Waals surface area (Å²) in [5.41, 5.74) is 1.16. The number of nitrogens with zero attached hydrogens (tertiary/aromatic N) is 1. The SMILES string of the molecule is CCC(C#N)S(=O)(=O)Nc1cc(Cl)c(C)cc1Br. The summed E-state index contributed by atoms with van der Waals surface area (Å²) in [5.74, 6) is 0. The number of nitrogens with one attached hydrogen (secondary N) is 1. The number of nitriles is 1. The third kappa shape index (κ3) is 3.37. The summed E-state index contributed by atoms with van der Waals surface area (Å²) in [6, 6.07) is 4.99. The van der Waals surface area contributed by atoms with E-state index in [0.29, 0.717) is 15.2 Å². The number of halogens is 2. The van der Waals surface area contributed by atoms with Crippen LogP contribution in [-0.2, 0) is 10.0 Å². The Labute approximate surface area is 120 Å². The highest BCUT2D eigenvalue weighted by Gasteiger charge is 2.24. The number of hydrogen-bond donors (Lipinski definition) is 1. The first-order valence-corrected chi connectivity index (χ1v) is 7.90. The topological polar surface area (TPSA) is 70.0 Å². The summed E-state index contributed by atoms with van der Waals surface area (Å²) in [5, 5.41) is 8.18. The van der Waals surface area contributed by atoms with E-state index >= 15 is 0 Å². The van der Waals surface area contributed by atoms with Gasteiger partial charge in [0.25, 0.3) is 0 Å². The van der Waals surface area contributed by atoms with Gasteiger partial charge in [0.15, 0.2) is 5.25 Å². The predicted octanol–water partition coefficient (Wildman–Crippen LogP) is 3.45. The molecule has 1 N–H and O–H groups in total. The van der Waals surface area contributed by atoms with Gasteiger partial charge in [-0.25, -0.2) is 8.42 Å². The summed E-state index contributed by atoms with van der Waals surface area (Å²) in [6.45, 7) is 3.46. The van der Waals surface area contributed by atoms with E-state index in [4.69, 9.17) is 16.9 Å². The van der Waals surface area contributed by atoms with Gasteiger partial charge in [0.2, 0.25) is 10.0 Å². The zero-order valence-corrected chi connectivity index (χ0v) is 13.0. The fourth-order valence-corrected chi connectivity index (χ4v) is 3.38. The average Bonchev–Trinajstić information content (AvgIpc) is 2.26. The molecule has 0 bridgehead atoms. The summed E-state index contributed by atoms with van der Waals surface area (Å²) >= 11 is 9.20. The van der Waals surface area contributed by atoms with E-state index in [9.17, 15) is 8.42 Å². The zero-order valence-electron chi connectivity index (χ0n) is 9.87. The molecule has 4 nitrogen and oxygen atoms in total. The molecule has 0 aromatic heterocycles. The van der Waals surface area contributed by atoms with Crippen LogP contribution in [0.1, 0.15) is 18.9 Å². The van der Waals surface area contributed by atoms with Gasteiger partial charge in [0, 0.05) is 9.50 Å². The molecule has 0 radical (unpaired) electrons. The van der Waals surface area contributed by atoms with Crippen molar-refractivity contribution >= 4 is 43.2 Å². The van der Waals surface area contributed by atoms with Crippen molar-refractivity contribution in [3.8, 4) is 6.07 Å². The molecule has 7 heteroatoms. The Kier molecular flexibility index (Phi) is 5.02. The molecule has 0 saturated heterocycles. The van der Waals surface area contributed by atoms with Crippen LogP contribution in [0.15, 0.2) is 16.6 Å². The highest BCUT2D eigenvalue weighted by atomic mass is 79.9. The lowest BCUT2D eigenvalue weighted by molar-refractivity contribution is 0.593. The largest absolute Gasteiger partial charge is 0.281 e. The molecule has 1 aromatic rings. The van der Waals surface area contributed by atoms with Crippen molar-refractivity contribution < 1.29 is 8.42 Å². The molecule has 0 aliphatic rings. The zero-order chi connectivity index (χ0) is 13.9. The van der Waals surface area contributed by atoms with Crippen LogP contribution in [0.2, 0.25) is 5.02 Å². The molecule has 0 aliphatic heterocycles. The van der Waals surface area contributed by atoms with E-state index in [2.05, 4.69) is 20.7 Å². The van der Waals surface area contributed by atoms with E-state index in [-0.39, 0.29) is 6.42 Å². The average molecular weight is 352 g/mol. The smallest absolute Gasteiger partial charge is 0.249 e. The first-order valence-electron chi connectivity index (χ1n) is 5.18. The molecule has 0 amide bonds. The van der Waals surface area contributed by atoms with Crippen molar-refractivity contribution in [1.29, 1.82) is 5.26 Å². The van der Waals surface area contributed by atoms with Gasteiger partial charge < -0.3 is 0 Å². The first kappa shape index (κ1) is 15.3. The highest BCUT2D eigenvalue weighted by Crippen LogP contribution is 2.30. The predicted molar refractivity (Wildman–Crippen MR) is 76.1 cm³/mol. The molecular formula is C11H12BrClN2O2S. The van der Waals surface area contributed by atoms with Gasteiger partial charge in [-0.3, -0.25) is 4.72 Å². The van der Waals surface area contributed by atoms with Gasteiger partial charge in [0.1, 0.15) is 0 Å². The summed E-state index contributed by atoms with van der Waals surface area (Å²) in [6.07, 6.45) is 0.225. The molecule has 0 saturated carbocycles. The van der Waals surface area contributed by atoms with Gasteiger partial charge >= 0.3 is 0 Å². The second kappa shape index (κ2) is 5.91. The van der Waals surface area contributed by atoms with Crippen molar-refractivity contribution in [2.24, 2.45) is 0 Å². The number of hydrogen-bond acceptors (Lipinski definition) is 3. The Hall–Kier alpha value is -0.770. The summed E-state index contributed by atoms with van der Waals surface area (Å²) < 4.78 is 26.8. The Morgan fingerprint density at radius 1 is 1.56 bits per heavy atom. The van der Waals surface area contributed by atoms with Crippen LogP contribution in [-0.4, -0.2) is 13.7 Å². The Morgan fingerprint density at radius 3 is 2.67 bits per heavy atom. The summed E-state index contributed by atoms with van der Waals surface area (Å²) in [4.78, 5) is 0. The normalized spacial score (nSPS) is 12.8. The third-order valence-corrected chi connectivity index (χ3v) is 5.15. The number of rotatable bonds is 4. The molecule has 18 heavy (non-hydrogen) atoms. The Balaban J connectivity index is 3.13. The van der Waals surface area contributed by atoms with Gasteiger partial charge in [0.05, 0.1) is 11.8 Å². The highest BCUT2D eigenvalue weighted by molar-refractivity contribution is 9.10. The molecule has 1 rings (SSSR count). The van der Waals surface area contributed by atoms with Crippen LogP contribution in [0.4, 0.5) is 5.69 Å². The number of aryl methyl sites for hydroxylation is 1. The quantitative estimate of drug-likeness (QED) is 0.903. The minimum atomic E-state index is -3.73. The lowest BCUT2D eigenvalue weighted by atomic mass is 10.2. The van der Waals surface area contributed by atoms with Crippen molar-refractivity contribution in [1.82, 2.24) is 0 Å². The van der Waals surface area contributed by atoms with Crippen LogP contribution in [0.5, 0.6) is 0 Å². The molecule has 1 atom stereocenters. The van der Waals surface area contributed by atoms with Crippen LogP contribution in [0.3, 0.4) is 0 Å². The maximum absolute atomic E-state index is 11.9. The number of benzene rings is 1. The van der Waals surface area contributed by atoms with Gasteiger partial charge in [-0.2, -0.15) is 5.26 Å². The van der Waals surface area contributed by atoms with Crippen molar-refractivity contribution in [3.63, 3.8) is 0 Å². The van der Waals surface area contributed by atoms with E-state index in [0.717, 1.165) is 5.56 Å². The van der Waals surface area contributed by atoms with Gasteiger partial charge in [-0.1, -0.05) is 18.5 Å². The van der Waals surface area contributed by atoms with E-state index in [1.807, 2.05) is 6.92 Å². The maximum Gasteiger partial charge on any atom is 0.249 e. The lowest BCUT2D eigenvalue weighted by Gasteiger charge is -2.13. The molecule has 0 spiro atoms. The summed E-state index contributed by atoms with van der Waals surface area (Å²) in [7, 11) is -3.73. The first-order chi connectivity index (χ1) is 8.31. The van der Waals surface area contributed by atoms with Crippen LogP contribution >= 0.6 is 27.5 Å². The minimum absolute atomic E-state index is 0.225. The molecule has 0 heterocycles. The van der Waals surface area contributed by atoms with Gasteiger partial charge in [-0.15, -0.1) is 0 Å². The lowest BCUT2D eigenvalue weighted by Crippen LogP contribution is -2.26. The fraction of sp³-hybridized carbons (Fsp3) is 0.364.